The summed E-state index contributed by atoms with van der Waals surface area (Å²) >= 11 is 0. The van der Waals surface area contributed by atoms with E-state index in [2.05, 4.69) is 11.9 Å². The van der Waals surface area contributed by atoms with E-state index in [1.807, 2.05) is 19.1 Å². The van der Waals surface area contributed by atoms with Crippen LogP contribution in [0, 0.1) is 6.92 Å². The van der Waals surface area contributed by atoms with E-state index in [-0.39, 0.29) is 6.42 Å². The van der Waals surface area contributed by atoms with E-state index in [9.17, 15) is 4.79 Å². The van der Waals surface area contributed by atoms with E-state index in [0.717, 1.165) is 25.0 Å². The number of carboxylic acid groups (broad SMARTS) is 1. The Kier molecular flexibility index (Phi) is 4.28. The smallest absolute Gasteiger partial charge is 0.309 e. The molecule has 0 fully saturated rings. The van der Waals surface area contributed by atoms with Crippen LogP contribution < -0.4 is 0 Å². The molecule has 0 saturated heterocycles. The molecule has 3 nitrogen and oxygen atoms in total. The highest BCUT2D eigenvalue weighted by atomic mass is 16.4. The molecule has 0 aliphatic rings. The number of carboxylic acids is 1. The second-order valence-electron chi connectivity index (χ2n) is 3.78. The Labute approximate surface area is 90.2 Å². The molecule has 0 radical (unpaired) electrons. The Morgan fingerprint density at radius 1 is 1.47 bits per heavy atom. The van der Waals surface area contributed by atoms with E-state index in [0.29, 0.717) is 5.69 Å². The summed E-state index contributed by atoms with van der Waals surface area (Å²) in [6, 6.07) is 3.93. The number of aliphatic carboxylic acids is 1. The number of carbonyl (C=O) groups is 1. The van der Waals surface area contributed by atoms with Gasteiger partial charge in [0.25, 0.3) is 0 Å². The molecule has 0 bridgehead atoms. The van der Waals surface area contributed by atoms with Crippen molar-refractivity contribution in [2.24, 2.45) is 0 Å². The number of aromatic nitrogens is 1. The lowest BCUT2D eigenvalue weighted by Gasteiger charge is -2.04. The van der Waals surface area contributed by atoms with E-state index in [1.54, 1.807) is 0 Å². The largest absolute Gasteiger partial charge is 0.481 e. The highest BCUT2D eigenvalue weighted by Gasteiger charge is 2.04. The van der Waals surface area contributed by atoms with Gasteiger partial charge in [0, 0.05) is 5.69 Å². The fourth-order valence-electron chi connectivity index (χ4n) is 1.59. The lowest BCUT2D eigenvalue weighted by molar-refractivity contribution is -0.136. The fourth-order valence-corrected chi connectivity index (χ4v) is 1.59. The molecule has 0 unspecified atom stereocenters. The van der Waals surface area contributed by atoms with Crippen LogP contribution in [0.2, 0.25) is 0 Å². The average Bonchev–Trinajstić information content (AvgIpc) is 2.12. The van der Waals surface area contributed by atoms with Gasteiger partial charge >= 0.3 is 5.97 Å². The molecule has 0 aliphatic heterocycles. The third kappa shape index (κ3) is 4.11. The maximum absolute atomic E-state index is 10.6. The topological polar surface area (TPSA) is 50.2 Å². The van der Waals surface area contributed by atoms with Crippen molar-refractivity contribution < 1.29 is 9.90 Å². The molecule has 0 aromatic carbocycles. The summed E-state index contributed by atoms with van der Waals surface area (Å²) in [4.78, 5) is 14.8. The van der Waals surface area contributed by atoms with Crippen LogP contribution in [0.4, 0.5) is 0 Å². The first kappa shape index (κ1) is 11.7. The van der Waals surface area contributed by atoms with Gasteiger partial charge < -0.3 is 5.11 Å². The van der Waals surface area contributed by atoms with Crippen molar-refractivity contribution in [2.45, 2.75) is 39.5 Å². The zero-order chi connectivity index (χ0) is 11.3. The summed E-state index contributed by atoms with van der Waals surface area (Å²) in [5.41, 5.74) is 2.76. The molecule has 1 aromatic heterocycles. The second-order valence-corrected chi connectivity index (χ2v) is 3.78. The van der Waals surface area contributed by atoms with Gasteiger partial charge in [-0.3, -0.25) is 9.78 Å². The molecular formula is C12H17NO2. The Morgan fingerprint density at radius 2 is 2.20 bits per heavy atom. The minimum absolute atomic E-state index is 0.0147. The molecule has 1 N–H and O–H groups in total. The van der Waals surface area contributed by atoms with Gasteiger partial charge in [-0.15, -0.1) is 0 Å². The van der Waals surface area contributed by atoms with Crippen molar-refractivity contribution in [1.82, 2.24) is 4.98 Å². The number of nitrogens with zero attached hydrogens (tertiary/aromatic N) is 1. The third-order valence-corrected chi connectivity index (χ3v) is 2.22. The molecular weight excluding hydrogens is 190 g/mol. The van der Waals surface area contributed by atoms with E-state index >= 15 is 0 Å². The summed E-state index contributed by atoms with van der Waals surface area (Å²) in [7, 11) is 0. The Balaban J connectivity index is 2.79. The molecule has 1 aromatic rings. The zero-order valence-corrected chi connectivity index (χ0v) is 9.29. The van der Waals surface area contributed by atoms with Crippen molar-refractivity contribution in [1.29, 1.82) is 0 Å². The second kappa shape index (κ2) is 5.49. The molecule has 1 heterocycles. The van der Waals surface area contributed by atoms with Crippen molar-refractivity contribution in [2.75, 3.05) is 0 Å². The van der Waals surface area contributed by atoms with Crippen molar-refractivity contribution in [3.8, 4) is 0 Å². The minimum atomic E-state index is -0.824. The number of hydrogen-bond acceptors (Lipinski definition) is 2. The third-order valence-electron chi connectivity index (χ3n) is 2.22. The number of unbranched alkanes of at least 4 members (excludes halogenated alkanes) is 1. The maximum atomic E-state index is 10.6. The summed E-state index contributed by atoms with van der Waals surface area (Å²) in [6.45, 7) is 4.05. The van der Waals surface area contributed by atoms with Gasteiger partial charge in [-0.1, -0.05) is 13.3 Å². The predicted octanol–water partition coefficient (Wildman–Crippen LogP) is 2.36. The standard InChI is InChI=1S/C12H17NO2/c1-3-4-5-10-6-9(2)13-11(7-10)8-12(14)15/h6-7H,3-5,8H2,1-2H3,(H,14,15). The molecule has 0 saturated carbocycles. The first-order valence-electron chi connectivity index (χ1n) is 5.30. The van der Waals surface area contributed by atoms with Gasteiger partial charge in [-0.25, -0.2) is 0 Å². The van der Waals surface area contributed by atoms with E-state index < -0.39 is 5.97 Å². The van der Waals surface area contributed by atoms with Crippen LogP contribution in [-0.2, 0) is 17.6 Å². The van der Waals surface area contributed by atoms with Crippen LogP contribution in [0.3, 0.4) is 0 Å². The summed E-state index contributed by atoms with van der Waals surface area (Å²) in [5.74, 6) is -0.824. The summed E-state index contributed by atoms with van der Waals surface area (Å²) in [6.07, 6.45) is 3.30. The van der Waals surface area contributed by atoms with Crippen LogP contribution in [0.1, 0.15) is 36.7 Å². The monoisotopic (exact) mass is 207 g/mol. The van der Waals surface area contributed by atoms with E-state index in [1.165, 1.54) is 5.56 Å². The normalized spacial score (nSPS) is 10.3. The highest BCUT2D eigenvalue weighted by molar-refractivity contribution is 5.69. The van der Waals surface area contributed by atoms with Gasteiger partial charge in [-0.2, -0.15) is 0 Å². The zero-order valence-electron chi connectivity index (χ0n) is 9.29. The van der Waals surface area contributed by atoms with Crippen LogP contribution in [0.5, 0.6) is 0 Å². The van der Waals surface area contributed by atoms with Gasteiger partial charge in [0.15, 0.2) is 0 Å². The molecule has 3 heteroatoms. The first-order chi connectivity index (χ1) is 7.11. The predicted molar refractivity (Wildman–Crippen MR) is 58.9 cm³/mol. The average molecular weight is 207 g/mol. The quantitative estimate of drug-likeness (QED) is 0.806. The lowest BCUT2D eigenvalue weighted by atomic mass is 10.1. The minimum Gasteiger partial charge on any atom is -0.481 e. The van der Waals surface area contributed by atoms with Crippen molar-refractivity contribution in [3.05, 3.63) is 29.1 Å². The molecule has 0 atom stereocenters. The summed E-state index contributed by atoms with van der Waals surface area (Å²) < 4.78 is 0. The number of hydrogen-bond donors (Lipinski definition) is 1. The number of pyridine rings is 1. The highest BCUT2D eigenvalue weighted by Crippen LogP contribution is 2.09. The van der Waals surface area contributed by atoms with Gasteiger partial charge in [0.2, 0.25) is 0 Å². The molecule has 1 rings (SSSR count). The van der Waals surface area contributed by atoms with Gasteiger partial charge in [0.05, 0.1) is 12.1 Å². The van der Waals surface area contributed by atoms with Gasteiger partial charge in [-0.05, 0) is 37.5 Å². The maximum Gasteiger partial charge on any atom is 0.309 e. The Morgan fingerprint density at radius 3 is 2.80 bits per heavy atom. The SMILES string of the molecule is CCCCc1cc(C)nc(CC(=O)O)c1. The number of rotatable bonds is 5. The molecule has 0 aliphatic carbocycles. The molecule has 0 spiro atoms. The van der Waals surface area contributed by atoms with Crippen molar-refractivity contribution >= 4 is 5.97 Å². The fraction of sp³-hybridized carbons (Fsp3) is 0.500. The number of aryl methyl sites for hydroxylation is 2. The molecule has 82 valence electrons. The Bertz CT molecular complexity index is 347. The first-order valence-corrected chi connectivity index (χ1v) is 5.30. The van der Waals surface area contributed by atoms with Crippen LogP contribution >= 0.6 is 0 Å². The molecule has 15 heavy (non-hydrogen) atoms. The Hall–Kier alpha value is -1.38. The van der Waals surface area contributed by atoms with E-state index in [4.69, 9.17) is 5.11 Å². The van der Waals surface area contributed by atoms with Crippen LogP contribution in [-0.4, -0.2) is 16.1 Å². The van der Waals surface area contributed by atoms with Gasteiger partial charge in [0.1, 0.15) is 0 Å². The lowest BCUT2D eigenvalue weighted by Crippen LogP contribution is -2.04. The van der Waals surface area contributed by atoms with Crippen LogP contribution in [0.25, 0.3) is 0 Å². The van der Waals surface area contributed by atoms with Crippen molar-refractivity contribution in [3.63, 3.8) is 0 Å². The summed E-state index contributed by atoms with van der Waals surface area (Å²) in [5, 5.41) is 8.68. The van der Waals surface area contributed by atoms with Crippen LogP contribution in [0.15, 0.2) is 12.1 Å². The molecule has 0 amide bonds.